The summed E-state index contributed by atoms with van der Waals surface area (Å²) in [6.45, 7) is 0. The van der Waals surface area contributed by atoms with E-state index in [1.807, 2.05) is 0 Å². The van der Waals surface area contributed by atoms with Crippen LogP contribution >= 0.6 is 0 Å². The zero-order valence-electron chi connectivity index (χ0n) is 15.9. The molecule has 31 heavy (non-hydrogen) atoms. The van der Waals surface area contributed by atoms with Crippen LogP contribution in [-0.2, 0) is 0 Å². The molecular weight excluding hydrogens is 412 g/mol. The highest BCUT2D eigenvalue weighted by atomic mass is 19.3. The Hall–Kier alpha value is -3.89. The number of rotatable bonds is 5. The summed E-state index contributed by atoms with van der Waals surface area (Å²) in [5, 5.41) is 0. The van der Waals surface area contributed by atoms with Crippen molar-refractivity contribution in [3.05, 3.63) is 64.3 Å². The van der Waals surface area contributed by atoms with Gasteiger partial charge in [-0.1, -0.05) is 6.07 Å². The Morgan fingerprint density at radius 1 is 1.16 bits per heavy atom. The normalized spacial score (nSPS) is 17.4. The average Bonchev–Trinajstić information content (AvgIpc) is 3.51. The minimum Gasteiger partial charge on any atom is -0.395 e. The van der Waals surface area contributed by atoms with Gasteiger partial charge in [0.05, 0.1) is 6.04 Å². The SMILES string of the molecule is NC(=O)c1cc(=O)n([C@@H](c2ccc3c(c2)OC(F)(F)O3)C2CC2)c(-c2ncccn2)n1. The summed E-state index contributed by atoms with van der Waals surface area (Å²) in [7, 11) is 0. The van der Waals surface area contributed by atoms with Gasteiger partial charge in [0.2, 0.25) is 0 Å². The van der Waals surface area contributed by atoms with E-state index in [1.54, 1.807) is 12.1 Å². The molecule has 1 fully saturated rings. The summed E-state index contributed by atoms with van der Waals surface area (Å²) in [5.41, 5.74) is 5.13. The van der Waals surface area contributed by atoms with E-state index < -0.39 is 23.8 Å². The Morgan fingerprint density at radius 3 is 2.55 bits per heavy atom. The standard InChI is InChI=1S/C20H15F2N5O4/c21-20(22)30-13-5-4-11(8-14(13)31-20)16(10-2-3-10)27-15(28)9-12(17(23)29)26-19(27)18-24-6-1-7-25-18/h1,4-10,16H,2-3H2,(H2,23,29)/t16-/m1/s1. The summed E-state index contributed by atoms with van der Waals surface area (Å²) in [4.78, 5) is 37.4. The molecule has 1 atom stereocenters. The van der Waals surface area contributed by atoms with Crippen LogP contribution in [0.4, 0.5) is 8.78 Å². The van der Waals surface area contributed by atoms with Gasteiger partial charge >= 0.3 is 6.29 Å². The lowest BCUT2D eigenvalue weighted by atomic mass is 10.0. The third kappa shape index (κ3) is 3.47. The summed E-state index contributed by atoms with van der Waals surface area (Å²) in [6.07, 6.45) is 0.832. The molecule has 158 valence electrons. The van der Waals surface area contributed by atoms with Crippen molar-refractivity contribution in [2.45, 2.75) is 25.2 Å². The van der Waals surface area contributed by atoms with E-state index in [0.717, 1.165) is 18.9 Å². The molecule has 0 spiro atoms. The second-order valence-corrected chi connectivity index (χ2v) is 7.27. The van der Waals surface area contributed by atoms with Crippen LogP contribution in [0.5, 0.6) is 11.5 Å². The Balaban J connectivity index is 1.69. The number of aromatic nitrogens is 4. The van der Waals surface area contributed by atoms with Gasteiger partial charge in [0.15, 0.2) is 23.1 Å². The smallest absolute Gasteiger partial charge is 0.395 e. The van der Waals surface area contributed by atoms with Gasteiger partial charge in [-0.2, -0.15) is 0 Å². The van der Waals surface area contributed by atoms with Crippen molar-refractivity contribution in [1.82, 2.24) is 19.5 Å². The summed E-state index contributed by atoms with van der Waals surface area (Å²) >= 11 is 0. The fourth-order valence-electron chi connectivity index (χ4n) is 3.65. The molecule has 2 aliphatic rings. The number of carbonyl (C=O) groups excluding carboxylic acids is 1. The maximum absolute atomic E-state index is 13.5. The molecule has 9 nitrogen and oxygen atoms in total. The monoisotopic (exact) mass is 427 g/mol. The van der Waals surface area contributed by atoms with Crippen LogP contribution < -0.4 is 20.8 Å². The van der Waals surface area contributed by atoms with Crippen LogP contribution in [0.1, 0.15) is 34.9 Å². The Kier molecular flexibility index (Phi) is 4.20. The first kappa shape index (κ1) is 19.1. The van der Waals surface area contributed by atoms with E-state index in [0.29, 0.717) is 5.56 Å². The number of fused-ring (bicyclic) bond motifs is 1. The minimum absolute atomic E-state index is 0.0438. The number of carbonyl (C=O) groups is 1. The van der Waals surface area contributed by atoms with Gasteiger partial charge in [0.25, 0.3) is 11.5 Å². The maximum Gasteiger partial charge on any atom is 0.586 e. The molecule has 5 rings (SSSR count). The highest BCUT2D eigenvalue weighted by Gasteiger charge is 2.44. The van der Waals surface area contributed by atoms with Crippen LogP contribution in [0.2, 0.25) is 0 Å². The molecule has 11 heteroatoms. The molecule has 0 saturated heterocycles. The van der Waals surface area contributed by atoms with Crippen molar-refractivity contribution in [2.24, 2.45) is 11.7 Å². The Labute approximate surface area is 173 Å². The first-order valence-electron chi connectivity index (χ1n) is 9.43. The number of hydrogen-bond acceptors (Lipinski definition) is 7. The summed E-state index contributed by atoms with van der Waals surface area (Å²) in [5.74, 6) is -0.857. The molecule has 1 aliphatic heterocycles. The van der Waals surface area contributed by atoms with Gasteiger partial charge in [-0.05, 0) is 42.5 Å². The molecule has 1 saturated carbocycles. The molecule has 2 aromatic heterocycles. The van der Waals surface area contributed by atoms with E-state index in [4.69, 9.17) is 5.73 Å². The molecule has 1 amide bonds. The van der Waals surface area contributed by atoms with Crippen LogP contribution in [0.25, 0.3) is 11.6 Å². The minimum atomic E-state index is -3.75. The van der Waals surface area contributed by atoms with Gasteiger partial charge in [-0.25, -0.2) is 15.0 Å². The Bertz CT molecular complexity index is 1240. The number of primary amides is 1. The van der Waals surface area contributed by atoms with Gasteiger partial charge in [0.1, 0.15) is 5.69 Å². The maximum atomic E-state index is 13.5. The van der Waals surface area contributed by atoms with Gasteiger partial charge in [-0.15, -0.1) is 8.78 Å². The summed E-state index contributed by atoms with van der Waals surface area (Å²) < 4.78 is 37.3. The van der Waals surface area contributed by atoms with E-state index >= 15 is 0 Å². The molecule has 1 aliphatic carbocycles. The van der Waals surface area contributed by atoms with Crippen LogP contribution in [0.15, 0.2) is 47.5 Å². The first-order chi connectivity index (χ1) is 14.8. The topological polar surface area (TPSA) is 122 Å². The van der Waals surface area contributed by atoms with Gasteiger partial charge < -0.3 is 15.2 Å². The average molecular weight is 427 g/mol. The quantitative estimate of drug-likeness (QED) is 0.662. The lowest BCUT2D eigenvalue weighted by Gasteiger charge is -2.23. The van der Waals surface area contributed by atoms with Crippen molar-refractivity contribution in [2.75, 3.05) is 0 Å². The predicted octanol–water partition coefficient (Wildman–Crippen LogP) is 2.12. The molecule has 2 N–H and O–H groups in total. The molecule has 0 unspecified atom stereocenters. The summed E-state index contributed by atoms with van der Waals surface area (Å²) in [6, 6.07) is 6.46. The Morgan fingerprint density at radius 2 is 1.87 bits per heavy atom. The number of alkyl halides is 2. The first-order valence-corrected chi connectivity index (χ1v) is 9.43. The number of amides is 1. The zero-order valence-corrected chi connectivity index (χ0v) is 15.9. The van der Waals surface area contributed by atoms with Crippen molar-refractivity contribution in [1.29, 1.82) is 0 Å². The van der Waals surface area contributed by atoms with E-state index in [-0.39, 0.29) is 34.8 Å². The van der Waals surface area contributed by atoms with Gasteiger partial charge in [-0.3, -0.25) is 14.2 Å². The molecule has 1 aromatic carbocycles. The molecular formula is C20H15F2N5O4. The fourth-order valence-corrected chi connectivity index (χ4v) is 3.65. The zero-order chi connectivity index (χ0) is 21.8. The third-order valence-corrected chi connectivity index (χ3v) is 5.08. The number of benzene rings is 1. The second-order valence-electron chi connectivity index (χ2n) is 7.27. The van der Waals surface area contributed by atoms with Gasteiger partial charge in [0, 0.05) is 18.5 Å². The molecule has 3 heterocycles. The van der Waals surface area contributed by atoms with Crippen molar-refractivity contribution < 1.29 is 23.0 Å². The van der Waals surface area contributed by atoms with Crippen LogP contribution in [-0.4, -0.2) is 31.7 Å². The third-order valence-electron chi connectivity index (χ3n) is 5.08. The molecule has 0 bridgehead atoms. The van der Waals surface area contributed by atoms with Crippen LogP contribution in [0.3, 0.4) is 0 Å². The highest BCUT2D eigenvalue weighted by Crippen LogP contribution is 2.47. The van der Waals surface area contributed by atoms with E-state index in [1.165, 1.54) is 29.1 Å². The van der Waals surface area contributed by atoms with Crippen LogP contribution in [0, 0.1) is 5.92 Å². The molecule has 0 radical (unpaired) electrons. The van der Waals surface area contributed by atoms with Crippen molar-refractivity contribution in [3.8, 4) is 23.1 Å². The predicted molar refractivity (Wildman–Crippen MR) is 102 cm³/mol. The number of nitrogens with two attached hydrogens (primary N) is 1. The molecule has 3 aromatic rings. The van der Waals surface area contributed by atoms with E-state index in [9.17, 15) is 18.4 Å². The largest absolute Gasteiger partial charge is 0.586 e. The second kappa shape index (κ2) is 6.83. The van der Waals surface area contributed by atoms with Crippen molar-refractivity contribution in [3.63, 3.8) is 0 Å². The number of hydrogen-bond donors (Lipinski definition) is 1. The van der Waals surface area contributed by atoms with E-state index in [2.05, 4.69) is 24.4 Å². The lowest BCUT2D eigenvalue weighted by molar-refractivity contribution is -0.286. The highest BCUT2D eigenvalue weighted by molar-refractivity contribution is 5.91. The fraction of sp³-hybridized carbons (Fsp3) is 0.250. The number of ether oxygens (including phenoxy) is 2. The number of nitrogens with zero attached hydrogens (tertiary/aromatic N) is 4. The number of halogens is 2. The van der Waals surface area contributed by atoms with Crippen molar-refractivity contribution >= 4 is 5.91 Å². The lowest BCUT2D eigenvalue weighted by Crippen LogP contribution is -2.31.